The largest absolute Gasteiger partial charge is 0.478 e. The van der Waals surface area contributed by atoms with Crippen molar-refractivity contribution in [2.75, 3.05) is 5.73 Å². The molecule has 0 saturated carbocycles. The molecule has 4 N–H and O–H groups in total. The maximum Gasteiger partial charge on any atom is 0.335 e. The van der Waals surface area contributed by atoms with Crippen LogP contribution in [0.4, 0.5) is 5.69 Å². The Labute approximate surface area is 129 Å². The maximum absolute atomic E-state index is 12.0. The predicted octanol–water partition coefficient (Wildman–Crippen LogP) is 2.05. The second-order valence-electron chi connectivity index (χ2n) is 4.26. The summed E-state index contributed by atoms with van der Waals surface area (Å²) < 4.78 is 0.785. The fourth-order valence-electron chi connectivity index (χ4n) is 1.71. The van der Waals surface area contributed by atoms with Crippen LogP contribution >= 0.6 is 15.9 Å². The molecule has 0 aliphatic heterocycles. The van der Waals surface area contributed by atoms with Crippen LogP contribution in [0, 0.1) is 0 Å². The Bertz CT molecular complexity index is 704. The number of halogens is 1. The van der Waals surface area contributed by atoms with Crippen molar-refractivity contribution in [3.05, 3.63) is 57.8 Å². The van der Waals surface area contributed by atoms with Crippen molar-refractivity contribution >= 4 is 33.5 Å². The summed E-state index contributed by atoms with van der Waals surface area (Å²) in [6.45, 7) is 0.120. The number of carboxylic acids is 1. The number of nitrogen functional groups attached to an aromatic ring is 1. The number of hydrogen-bond acceptors (Lipinski definition) is 4. The minimum Gasteiger partial charge on any atom is -0.478 e. The molecule has 0 fully saturated rings. The molecule has 6 nitrogen and oxygen atoms in total. The van der Waals surface area contributed by atoms with Gasteiger partial charge in [-0.1, -0.05) is 15.9 Å². The summed E-state index contributed by atoms with van der Waals surface area (Å²) in [6, 6.07) is 7.76. The molecule has 1 heterocycles. The highest BCUT2D eigenvalue weighted by Crippen LogP contribution is 2.18. The van der Waals surface area contributed by atoms with E-state index in [1.807, 2.05) is 0 Å². The molecule has 1 amide bonds. The van der Waals surface area contributed by atoms with Gasteiger partial charge in [-0.3, -0.25) is 9.78 Å². The van der Waals surface area contributed by atoms with Gasteiger partial charge in [0.1, 0.15) is 0 Å². The van der Waals surface area contributed by atoms with E-state index in [0.717, 1.165) is 4.47 Å². The second kappa shape index (κ2) is 6.36. The summed E-state index contributed by atoms with van der Waals surface area (Å²) in [4.78, 5) is 26.9. The van der Waals surface area contributed by atoms with Crippen molar-refractivity contribution in [3.63, 3.8) is 0 Å². The van der Waals surface area contributed by atoms with E-state index in [1.165, 1.54) is 18.3 Å². The minimum absolute atomic E-state index is 0.120. The first-order valence-electron chi connectivity index (χ1n) is 5.99. The van der Waals surface area contributed by atoms with Gasteiger partial charge in [-0.15, -0.1) is 0 Å². The van der Waals surface area contributed by atoms with Crippen LogP contribution in [0.15, 0.2) is 41.0 Å². The number of benzene rings is 1. The summed E-state index contributed by atoms with van der Waals surface area (Å²) >= 11 is 3.27. The molecule has 1 aromatic carbocycles. The zero-order chi connectivity index (χ0) is 15.4. The van der Waals surface area contributed by atoms with Gasteiger partial charge >= 0.3 is 5.97 Å². The number of rotatable bonds is 4. The lowest BCUT2D eigenvalue weighted by Gasteiger charge is -2.08. The Morgan fingerprint density at radius 1 is 1.29 bits per heavy atom. The minimum atomic E-state index is -1.04. The zero-order valence-electron chi connectivity index (χ0n) is 10.8. The Balaban J connectivity index is 2.07. The lowest BCUT2D eigenvalue weighted by Crippen LogP contribution is -2.24. The molecule has 0 atom stereocenters. The maximum atomic E-state index is 12.0. The summed E-state index contributed by atoms with van der Waals surface area (Å²) in [7, 11) is 0. The lowest BCUT2D eigenvalue weighted by atomic mass is 10.1. The molecule has 0 saturated heterocycles. The number of carbonyl (C=O) groups is 2. The zero-order valence-corrected chi connectivity index (χ0v) is 12.4. The molecule has 0 bridgehead atoms. The molecule has 0 aliphatic rings. The molecular formula is C14H12BrN3O3. The Hall–Kier alpha value is -2.41. The molecule has 108 valence electrons. The number of carboxylic acid groups (broad SMARTS) is 1. The van der Waals surface area contributed by atoms with Crippen molar-refractivity contribution in [3.8, 4) is 0 Å². The molecule has 2 aromatic rings. The number of nitrogens with zero attached hydrogens (tertiary/aromatic N) is 1. The van der Waals surface area contributed by atoms with E-state index < -0.39 is 5.97 Å². The average molecular weight is 350 g/mol. The Kier molecular flexibility index (Phi) is 4.54. The van der Waals surface area contributed by atoms with Crippen LogP contribution in [0.2, 0.25) is 0 Å². The highest BCUT2D eigenvalue weighted by atomic mass is 79.9. The first-order chi connectivity index (χ1) is 9.97. The van der Waals surface area contributed by atoms with Crippen LogP contribution in [0.3, 0.4) is 0 Å². The summed E-state index contributed by atoms with van der Waals surface area (Å²) in [5.74, 6) is -1.38. The molecule has 1 aromatic heterocycles. The number of amides is 1. The molecule has 0 spiro atoms. The van der Waals surface area contributed by atoms with Gasteiger partial charge in [0.05, 0.1) is 23.4 Å². The fourth-order valence-corrected chi connectivity index (χ4v) is 2.09. The van der Waals surface area contributed by atoms with E-state index >= 15 is 0 Å². The highest BCUT2D eigenvalue weighted by molar-refractivity contribution is 9.10. The number of nitrogens with one attached hydrogen (secondary N) is 1. The molecule has 0 aliphatic carbocycles. The number of nitrogens with two attached hydrogens (primary N) is 1. The number of aromatic carboxylic acids is 1. The van der Waals surface area contributed by atoms with Crippen molar-refractivity contribution in [2.24, 2.45) is 0 Å². The van der Waals surface area contributed by atoms with E-state index in [1.54, 1.807) is 18.2 Å². The number of hydrogen-bond donors (Lipinski definition) is 3. The molecule has 21 heavy (non-hydrogen) atoms. The van der Waals surface area contributed by atoms with Gasteiger partial charge in [-0.2, -0.15) is 0 Å². The van der Waals surface area contributed by atoms with E-state index in [0.29, 0.717) is 16.9 Å². The molecule has 2 rings (SSSR count). The summed E-state index contributed by atoms with van der Waals surface area (Å²) in [6.07, 6.45) is 1.39. The van der Waals surface area contributed by atoms with Gasteiger partial charge in [0.25, 0.3) is 5.91 Å². The van der Waals surface area contributed by atoms with Gasteiger partial charge < -0.3 is 16.2 Å². The average Bonchev–Trinajstić information content (AvgIpc) is 2.45. The van der Waals surface area contributed by atoms with Crippen molar-refractivity contribution in [1.82, 2.24) is 10.3 Å². The normalized spacial score (nSPS) is 10.1. The van der Waals surface area contributed by atoms with Gasteiger partial charge in [-0.25, -0.2) is 4.79 Å². The first-order valence-corrected chi connectivity index (χ1v) is 6.78. The SMILES string of the molecule is Nc1cc(Br)ccc1C(=O)NCc1cc(C(=O)O)ccn1. The van der Waals surface area contributed by atoms with E-state index in [2.05, 4.69) is 26.2 Å². The third-order valence-electron chi connectivity index (χ3n) is 2.75. The number of anilines is 1. The molecular weight excluding hydrogens is 338 g/mol. The van der Waals surface area contributed by atoms with Gasteiger partial charge in [0.2, 0.25) is 0 Å². The molecule has 0 unspecified atom stereocenters. The van der Waals surface area contributed by atoms with E-state index in [9.17, 15) is 9.59 Å². The fraction of sp³-hybridized carbons (Fsp3) is 0.0714. The molecule has 7 heteroatoms. The van der Waals surface area contributed by atoms with Gasteiger partial charge in [-0.05, 0) is 30.3 Å². The number of pyridine rings is 1. The Morgan fingerprint density at radius 2 is 2.05 bits per heavy atom. The van der Waals surface area contributed by atoms with Crippen LogP contribution in [0.25, 0.3) is 0 Å². The smallest absolute Gasteiger partial charge is 0.335 e. The first kappa shape index (κ1) is 15.0. The van der Waals surface area contributed by atoms with Crippen LogP contribution in [-0.4, -0.2) is 22.0 Å². The third kappa shape index (κ3) is 3.79. The summed E-state index contributed by atoms with van der Waals surface area (Å²) in [5, 5.41) is 11.5. The van der Waals surface area contributed by atoms with Gasteiger partial charge in [0, 0.05) is 16.4 Å². The predicted molar refractivity (Wildman–Crippen MR) is 80.9 cm³/mol. The van der Waals surface area contributed by atoms with E-state index in [4.69, 9.17) is 10.8 Å². The van der Waals surface area contributed by atoms with Gasteiger partial charge in [0.15, 0.2) is 0 Å². The van der Waals surface area contributed by atoms with Crippen molar-refractivity contribution in [1.29, 1.82) is 0 Å². The van der Waals surface area contributed by atoms with E-state index in [-0.39, 0.29) is 18.0 Å². The quantitative estimate of drug-likeness (QED) is 0.732. The number of carbonyl (C=O) groups excluding carboxylic acids is 1. The standard InChI is InChI=1S/C14H12BrN3O3/c15-9-1-2-11(12(16)6-9)13(19)18-7-10-5-8(14(20)21)3-4-17-10/h1-6H,7,16H2,(H,18,19)(H,20,21). The van der Waals surface area contributed by atoms with Crippen LogP contribution in [0.5, 0.6) is 0 Å². The van der Waals surface area contributed by atoms with Crippen molar-refractivity contribution in [2.45, 2.75) is 6.54 Å². The second-order valence-corrected chi connectivity index (χ2v) is 5.17. The lowest BCUT2D eigenvalue weighted by molar-refractivity contribution is 0.0696. The van der Waals surface area contributed by atoms with Crippen LogP contribution in [-0.2, 0) is 6.54 Å². The van der Waals surface area contributed by atoms with Crippen LogP contribution in [0.1, 0.15) is 26.4 Å². The highest BCUT2D eigenvalue weighted by Gasteiger charge is 2.10. The number of aromatic nitrogens is 1. The van der Waals surface area contributed by atoms with Crippen LogP contribution < -0.4 is 11.1 Å². The topological polar surface area (TPSA) is 105 Å². The van der Waals surface area contributed by atoms with Crippen molar-refractivity contribution < 1.29 is 14.7 Å². The monoisotopic (exact) mass is 349 g/mol. The molecule has 0 radical (unpaired) electrons. The Morgan fingerprint density at radius 3 is 2.71 bits per heavy atom. The summed E-state index contributed by atoms with van der Waals surface area (Å²) in [5.41, 5.74) is 7.06. The third-order valence-corrected chi connectivity index (χ3v) is 3.25.